The molecular weight excluding hydrogens is 494 g/mol. The number of benzene rings is 5. The number of H-pyrrole nitrogens is 1. The summed E-state index contributed by atoms with van der Waals surface area (Å²) in [5, 5.41) is 0.939. The first-order valence-electron chi connectivity index (χ1n) is 13.0. The molecule has 1 aromatic heterocycles. The smallest absolute Gasteiger partial charge is 0.232 e. The van der Waals surface area contributed by atoms with E-state index in [2.05, 4.69) is 17.1 Å². The molecule has 2 heterocycles. The van der Waals surface area contributed by atoms with Crippen molar-refractivity contribution in [2.75, 3.05) is 7.11 Å². The van der Waals surface area contributed by atoms with Crippen molar-refractivity contribution < 1.29 is 14.3 Å². The number of carbonyl (C=O) groups excluding carboxylic acids is 1. The molecule has 0 saturated heterocycles. The van der Waals surface area contributed by atoms with Crippen molar-refractivity contribution in [1.82, 2.24) is 4.98 Å². The first kappa shape index (κ1) is 23.7. The van der Waals surface area contributed by atoms with E-state index in [1.165, 1.54) is 0 Å². The van der Waals surface area contributed by atoms with Crippen LogP contribution >= 0.6 is 0 Å². The molecule has 0 fully saturated rings. The molecule has 0 aliphatic carbocycles. The zero-order valence-electron chi connectivity index (χ0n) is 21.7. The number of allylic oxidation sites excluding steroid dienone is 1. The number of hydrogen-bond acceptors (Lipinski definition) is 3. The Labute approximate surface area is 232 Å². The van der Waals surface area contributed by atoms with E-state index in [1.54, 1.807) is 7.11 Å². The van der Waals surface area contributed by atoms with Crippen molar-refractivity contribution in [2.45, 2.75) is 0 Å². The molecule has 40 heavy (non-hydrogen) atoms. The van der Waals surface area contributed by atoms with Crippen LogP contribution in [0.25, 0.3) is 50.5 Å². The zero-order valence-corrected chi connectivity index (χ0v) is 21.7. The Morgan fingerprint density at radius 2 is 1.55 bits per heavy atom. The maximum atomic E-state index is 14.0. The van der Waals surface area contributed by atoms with Crippen molar-refractivity contribution in [2.24, 2.45) is 0 Å². The lowest BCUT2D eigenvalue weighted by Crippen LogP contribution is -2.00. The fourth-order valence-electron chi connectivity index (χ4n) is 5.25. The average molecular weight is 518 g/mol. The lowest BCUT2D eigenvalue weighted by atomic mass is 9.92. The molecular formula is C36H23NO3. The molecule has 2 radical (unpaired) electrons. The summed E-state index contributed by atoms with van der Waals surface area (Å²) in [7, 11) is 1.65. The summed E-state index contributed by atoms with van der Waals surface area (Å²) in [5.41, 5.74) is 7.70. The molecule has 0 atom stereocenters. The molecule has 7 rings (SSSR count). The van der Waals surface area contributed by atoms with E-state index in [-0.39, 0.29) is 11.5 Å². The second kappa shape index (κ2) is 9.75. The van der Waals surface area contributed by atoms with Crippen LogP contribution in [-0.4, -0.2) is 17.9 Å². The highest BCUT2D eigenvalue weighted by molar-refractivity contribution is 6.19. The summed E-state index contributed by atoms with van der Waals surface area (Å²) in [5.74, 6) is 1.36. The van der Waals surface area contributed by atoms with Crippen molar-refractivity contribution in [3.05, 3.63) is 138 Å². The quantitative estimate of drug-likeness (QED) is 0.234. The predicted molar refractivity (Wildman–Crippen MR) is 158 cm³/mol. The van der Waals surface area contributed by atoms with E-state index in [4.69, 9.17) is 9.47 Å². The van der Waals surface area contributed by atoms with Crippen molar-refractivity contribution in [3.63, 3.8) is 0 Å². The van der Waals surface area contributed by atoms with E-state index in [9.17, 15) is 4.79 Å². The van der Waals surface area contributed by atoms with Crippen LogP contribution in [-0.2, 0) is 0 Å². The van der Waals surface area contributed by atoms with Gasteiger partial charge in [0.05, 0.1) is 18.4 Å². The summed E-state index contributed by atoms with van der Waals surface area (Å²) < 4.78 is 11.9. The van der Waals surface area contributed by atoms with E-state index < -0.39 is 0 Å². The Hall–Kier alpha value is -5.35. The van der Waals surface area contributed by atoms with Crippen LogP contribution in [0.1, 0.15) is 15.9 Å². The van der Waals surface area contributed by atoms with Crippen LogP contribution < -0.4 is 9.47 Å². The van der Waals surface area contributed by atoms with Gasteiger partial charge in [-0.2, -0.15) is 0 Å². The molecule has 5 aromatic carbocycles. The van der Waals surface area contributed by atoms with Gasteiger partial charge in [-0.05, 0) is 76.4 Å². The number of aromatic amines is 1. The number of fused-ring (bicyclic) bond motifs is 2. The molecule has 0 unspecified atom stereocenters. The lowest BCUT2D eigenvalue weighted by molar-refractivity contribution is 0.101. The van der Waals surface area contributed by atoms with Gasteiger partial charge in [0.25, 0.3) is 0 Å². The molecule has 4 heteroatoms. The molecule has 0 bridgehead atoms. The minimum atomic E-state index is -0.165. The number of carbonyl (C=O) groups is 1. The van der Waals surface area contributed by atoms with Crippen LogP contribution in [0.15, 0.2) is 115 Å². The molecule has 1 aliphatic rings. The van der Waals surface area contributed by atoms with Crippen LogP contribution in [0.3, 0.4) is 0 Å². The molecule has 6 aromatic rings. The third-order valence-electron chi connectivity index (χ3n) is 7.18. The van der Waals surface area contributed by atoms with Gasteiger partial charge >= 0.3 is 0 Å². The minimum Gasteiger partial charge on any atom is -0.497 e. The van der Waals surface area contributed by atoms with Gasteiger partial charge in [0.2, 0.25) is 5.78 Å². The molecule has 0 amide bonds. The summed E-state index contributed by atoms with van der Waals surface area (Å²) in [6.07, 6.45) is 1.84. The van der Waals surface area contributed by atoms with Crippen LogP contribution in [0, 0.1) is 12.1 Å². The second-order valence-electron chi connectivity index (χ2n) is 9.58. The molecule has 0 saturated carbocycles. The normalized spacial score (nSPS) is 13.4. The van der Waals surface area contributed by atoms with Gasteiger partial charge in [-0.3, -0.25) is 4.79 Å². The third kappa shape index (κ3) is 4.07. The predicted octanol–water partition coefficient (Wildman–Crippen LogP) is 8.39. The number of nitrogens with one attached hydrogen (secondary N) is 1. The van der Waals surface area contributed by atoms with Crippen molar-refractivity contribution in [1.29, 1.82) is 0 Å². The summed E-state index contributed by atoms with van der Waals surface area (Å²) in [6, 6.07) is 41.9. The van der Waals surface area contributed by atoms with E-state index in [0.29, 0.717) is 11.3 Å². The van der Waals surface area contributed by atoms with Gasteiger partial charge in [0.1, 0.15) is 11.5 Å². The second-order valence-corrected chi connectivity index (χ2v) is 9.58. The van der Waals surface area contributed by atoms with E-state index >= 15 is 0 Å². The van der Waals surface area contributed by atoms with Crippen LogP contribution in [0.2, 0.25) is 0 Å². The van der Waals surface area contributed by atoms with Crippen molar-refractivity contribution in [3.8, 4) is 45.0 Å². The van der Waals surface area contributed by atoms with Gasteiger partial charge < -0.3 is 14.5 Å². The summed E-state index contributed by atoms with van der Waals surface area (Å²) in [4.78, 5) is 17.6. The van der Waals surface area contributed by atoms with Gasteiger partial charge in [0, 0.05) is 16.5 Å². The Morgan fingerprint density at radius 1 is 0.800 bits per heavy atom. The van der Waals surface area contributed by atoms with Crippen molar-refractivity contribution >= 4 is 22.8 Å². The fourth-order valence-corrected chi connectivity index (χ4v) is 5.25. The Balaban J connectivity index is 1.42. The van der Waals surface area contributed by atoms with E-state index in [0.717, 1.165) is 55.7 Å². The first-order valence-corrected chi connectivity index (χ1v) is 13.0. The number of ketones is 1. The molecule has 190 valence electrons. The Bertz CT molecular complexity index is 1900. The van der Waals surface area contributed by atoms with Gasteiger partial charge in [-0.15, -0.1) is 0 Å². The number of methoxy groups -OCH3 is 1. The van der Waals surface area contributed by atoms with E-state index in [1.807, 2.05) is 115 Å². The SMILES string of the molecule is COc1ccc2[nH]c(-c3ccccc3)c(/C=C3\Oc4cc(-c5[c]cccc5)cc(-c5[c]cccc5)c4C3=O)c2c1. The standard InChI is InChI=1S/C36H23NO3/c1-39-27-17-18-31-29(21-27)30(35(37-31)25-15-9-4-10-16-25)22-33-36(38)34-28(24-13-7-3-8-14-24)19-26(20-32(34)40-33)23-11-5-2-6-12-23/h2-11,13,15-22,37H,1H3/b33-22-. The topological polar surface area (TPSA) is 51.3 Å². The monoisotopic (exact) mass is 517 g/mol. The Kier molecular flexibility index (Phi) is 5.79. The first-order chi connectivity index (χ1) is 19.7. The summed E-state index contributed by atoms with van der Waals surface area (Å²) in [6.45, 7) is 0. The maximum absolute atomic E-state index is 14.0. The fraction of sp³-hybridized carbons (Fsp3) is 0.0278. The number of Topliss-reactive ketones (excluding diaryl/α,β-unsaturated/α-hetero) is 1. The molecule has 1 aliphatic heterocycles. The third-order valence-corrected chi connectivity index (χ3v) is 7.18. The van der Waals surface area contributed by atoms with Gasteiger partial charge in [-0.25, -0.2) is 0 Å². The highest BCUT2D eigenvalue weighted by Crippen LogP contribution is 2.43. The number of aromatic nitrogens is 1. The van der Waals surface area contributed by atoms with Gasteiger partial charge in [-0.1, -0.05) is 78.9 Å². The van der Waals surface area contributed by atoms with Gasteiger partial charge in [0.15, 0.2) is 5.76 Å². The van der Waals surface area contributed by atoms with Crippen LogP contribution in [0.5, 0.6) is 11.5 Å². The number of ether oxygens (including phenoxy) is 2. The summed E-state index contributed by atoms with van der Waals surface area (Å²) >= 11 is 0. The maximum Gasteiger partial charge on any atom is 0.232 e. The lowest BCUT2D eigenvalue weighted by Gasteiger charge is -2.10. The largest absolute Gasteiger partial charge is 0.497 e. The number of rotatable bonds is 5. The minimum absolute atomic E-state index is 0.165. The Morgan fingerprint density at radius 3 is 2.27 bits per heavy atom. The highest BCUT2D eigenvalue weighted by atomic mass is 16.5. The zero-order chi connectivity index (χ0) is 27.1. The van der Waals surface area contributed by atoms with Crippen LogP contribution in [0.4, 0.5) is 0 Å². The molecule has 4 nitrogen and oxygen atoms in total. The average Bonchev–Trinajstić information content (AvgIpc) is 3.54. The molecule has 1 N–H and O–H groups in total. The molecule has 0 spiro atoms. The number of hydrogen-bond donors (Lipinski definition) is 1. The highest BCUT2D eigenvalue weighted by Gasteiger charge is 2.32.